The smallest absolute Gasteiger partial charge is 0.137 e. The Bertz CT molecular complexity index is 3640. The quantitative estimate of drug-likeness (QED) is 0.151. The number of benzene rings is 10. The Morgan fingerprint density at radius 3 is 1.79 bits per heavy atom. The van der Waals surface area contributed by atoms with Crippen LogP contribution >= 0.6 is 0 Å². The van der Waals surface area contributed by atoms with Crippen molar-refractivity contribution in [3.63, 3.8) is 0 Å². The van der Waals surface area contributed by atoms with Gasteiger partial charge in [0.25, 0.3) is 0 Å². The maximum Gasteiger partial charge on any atom is 0.137 e. The van der Waals surface area contributed by atoms with Crippen molar-refractivity contribution in [2.24, 2.45) is 0 Å². The summed E-state index contributed by atoms with van der Waals surface area (Å²) in [7, 11) is 0. The lowest BCUT2D eigenvalue weighted by Crippen LogP contribution is -2.28. The van der Waals surface area contributed by atoms with Gasteiger partial charge >= 0.3 is 0 Å². The number of fused-ring (bicyclic) bond motifs is 7. The molecular weight excluding hydrogens is 823 g/mol. The Morgan fingerprint density at radius 2 is 1.03 bits per heavy atom. The predicted molar refractivity (Wildman–Crippen MR) is 285 cm³/mol. The highest BCUT2D eigenvalue weighted by Gasteiger charge is 2.46. The van der Waals surface area contributed by atoms with Crippen molar-refractivity contribution in [1.29, 1.82) is 0 Å². The van der Waals surface area contributed by atoms with Crippen LogP contribution in [0.25, 0.3) is 66.1 Å². The molecule has 0 atom stereocenters. The van der Waals surface area contributed by atoms with E-state index in [2.05, 4.69) is 236 Å². The molecule has 2 aliphatic carbocycles. The van der Waals surface area contributed by atoms with Crippen molar-refractivity contribution >= 4 is 49.8 Å². The number of furan rings is 1. The first-order chi connectivity index (χ1) is 33.7. The number of hydrogen-bond donors (Lipinski definition) is 0. The molecule has 0 saturated heterocycles. The molecule has 1 fully saturated rings. The summed E-state index contributed by atoms with van der Waals surface area (Å²) in [6, 6.07) is 83.6. The van der Waals surface area contributed by atoms with E-state index in [1.165, 1.54) is 98.5 Å². The molecular formula is C66H51NO. The zero-order chi connectivity index (χ0) is 45.2. The van der Waals surface area contributed by atoms with Gasteiger partial charge < -0.3 is 9.32 Å². The molecule has 13 rings (SSSR count). The van der Waals surface area contributed by atoms with E-state index in [1.807, 2.05) is 0 Å². The molecule has 0 aliphatic heterocycles. The van der Waals surface area contributed by atoms with Crippen LogP contribution in [-0.2, 0) is 5.41 Å². The Kier molecular flexibility index (Phi) is 9.75. The van der Waals surface area contributed by atoms with Gasteiger partial charge in [-0.1, -0.05) is 207 Å². The normalized spacial score (nSPS) is 14.3. The molecule has 68 heavy (non-hydrogen) atoms. The summed E-state index contributed by atoms with van der Waals surface area (Å²) in [4.78, 5) is 2.54. The monoisotopic (exact) mass is 873 g/mol. The second-order valence-corrected chi connectivity index (χ2v) is 19.0. The van der Waals surface area contributed by atoms with Gasteiger partial charge in [-0.25, -0.2) is 0 Å². The second-order valence-electron chi connectivity index (χ2n) is 19.0. The fourth-order valence-electron chi connectivity index (χ4n) is 12.3. The first-order valence-corrected chi connectivity index (χ1v) is 24.4. The summed E-state index contributed by atoms with van der Waals surface area (Å²) in [6.07, 6.45) is 6.39. The number of hydrogen-bond acceptors (Lipinski definition) is 2. The molecule has 1 aromatic heterocycles. The number of para-hydroxylation sites is 2. The molecule has 0 radical (unpaired) electrons. The van der Waals surface area contributed by atoms with E-state index in [-0.39, 0.29) is 0 Å². The van der Waals surface area contributed by atoms with E-state index in [9.17, 15) is 0 Å². The van der Waals surface area contributed by atoms with Crippen LogP contribution in [0, 0.1) is 6.92 Å². The minimum Gasteiger partial charge on any atom is -0.456 e. The number of anilines is 3. The summed E-state index contributed by atoms with van der Waals surface area (Å²) in [5.41, 5.74) is 19.7. The molecule has 1 heterocycles. The SMILES string of the molecule is Cc1ccc2oc3cccc(N(c4ccccc4-c4ccc5c(c4)C(c4ccccc4)(c4ccccc4)c4ccccc4-5)c4ccccc4-c4cccc5cccc(C6CCCCC6)c45)c3c2c1. The van der Waals surface area contributed by atoms with Gasteiger partial charge in [0.15, 0.2) is 0 Å². The van der Waals surface area contributed by atoms with Crippen molar-refractivity contribution < 1.29 is 4.42 Å². The standard InChI is InChI=1S/C66H51NO/c1-44-38-41-62-56(42-44)65-61(36-19-37-63(65)68-62)67(60-35-16-13-30-54(60)55-32-18-23-46-22-17-31-51(64(46)55)45-20-5-2-6-21-45)59-34-15-12-28-50(59)47-39-40-53-52-29-11-14-33-57(52)66(58(53)43-47,48-24-7-3-8-25-48)49-26-9-4-10-27-49/h3-4,7-19,22-43,45H,2,5-6,20-21H2,1H3. The molecule has 11 aromatic rings. The molecule has 2 heteroatoms. The maximum atomic E-state index is 6.70. The summed E-state index contributed by atoms with van der Waals surface area (Å²) < 4.78 is 6.70. The summed E-state index contributed by atoms with van der Waals surface area (Å²) in [6.45, 7) is 2.17. The zero-order valence-corrected chi connectivity index (χ0v) is 38.3. The lowest BCUT2D eigenvalue weighted by molar-refractivity contribution is 0.445. The molecule has 0 N–H and O–H groups in total. The van der Waals surface area contributed by atoms with Gasteiger partial charge in [-0.2, -0.15) is 0 Å². The average molecular weight is 874 g/mol. The van der Waals surface area contributed by atoms with Crippen molar-refractivity contribution in [3.8, 4) is 33.4 Å². The minimum absolute atomic E-state index is 0.519. The van der Waals surface area contributed by atoms with Crippen LogP contribution in [0.5, 0.6) is 0 Å². The third-order valence-electron chi connectivity index (χ3n) is 15.2. The maximum absolute atomic E-state index is 6.70. The topological polar surface area (TPSA) is 16.4 Å². The molecule has 0 bridgehead atoms. The first kappa shape index (κ1) is 40.3. The minimum atomic E-state index is -0.519. The lowest BCUT2D eigenvalue weighted by Gasteiger charge is -2.34. The van der Waals surface area contributed by atoms with Crippen LogP contribution in [-0.4, -0.2) is 0 Å². The summed E-state index contributed by atoms with van der Waals surface area (Å²) in [5, 5.41) is 4.89. The van der Waals surface area contributed by atoms with Crippen molar-refractivity contribution in [1.82, 2.24) is 0 Å². The van der Waals surface area contributed by atoms with Gasteiger partial charge in [0, 0.05) is 16.5 Å². The van der Waals surface area contributed by atoms with Gasteiger partial charge in [-0.05, 0) is 129 Å². The van der Waals surface area contributed by atoms with Crippen molar-refractivity contribution in [3.05, 3.63) is 258 Å². The van der Waals surface area contributed by atoms with Crippen molar-refractivity contribution in [2.75, 3.05) is 4.90 Å². The highest BCUT2D eigenvalue weighted by molar-refractivity contribution is 6.15. The number of aryl methyl sites for hydroxylation is 1. The Labute approximate surface area is 398 Å². The van der Waals surface area contributed by atoms with E-state index in [1.54, 1.807) is 0 Å². The largest absolute Gasteiger partial charge is 0.456 e. The van der Waals surface area contributed by atoms with Crippen LogP contribution in [0.15, 0.2) is 229 Å². The lowest BCUT2D eigenvalue weighted by atomic mass is 9.67. The number of rotatable bonds is 8. The molecule has 2 nitrogen and oxygen atoms in total. The molecule has 0 spiro atoms. The zero-order valence-electron chi connectivity index (χ0n) is 38.3. The third-order valence-corrected chi connectivity index (χ3v) is 15.2. The van der Waals surface area contributed by atoms with Gasteiger partial charge in [0.2, 0.25) is 0 Å². The van der Waals surface area contributed by atoms with Crippen LogP contribution in [0.2, 0.25) is 0 Å². The third kappa shape index (κ3) is 6.31. The van der Waals surface area contributed by atoms with Gasteiger partial charge in [0.1, 0.15) is 11.2 Å². The van der Waals surface area contributed by atoms with Gasteiger partial charge in [-0.15, -0.1) is 0 Å². The Balaban J connectivity index is 1.09. The molecule has 0 unspecified atom stereocenters. The van der Waals surface area contributed by atoms with Crippen LogP contribution in [0.3, 0.4) is 0 Å². The predicted octanol–water partition coefficient (Wildman–Crippen LogP) is 18.3. The second kappa shape index (κ2) is 16.4. The molecule has 1 saturated carbocycles. The fourth-order valence-corrected chi connectivity index (χ4v) is 12.3. The fraction of sp³-hybridized carbons (Fsp3) is 0.121. The molecule has 2 aliphatic rings. The van der Waals surface area contributed by atoms with E-state index >= 15 is 0 Å². The number of nitrogens with zero attached hydrogens (tertiary/aromatic N) is 1. The first-order valence-electron chi connectivity index (χ1n) is 24.4. The molecule has 326 valence electrons. The van der Waals surface area contributed by atoms with Crippen LogP contribution in [0.4, 0.5) is 17.1 Å². The van der Waals surface area contributed by atoms with Gasteiger partial charge in [0.05, 0.1) is 27.9 Å². The van der Waals surface area contributed by atoms with Crippen LogP contribution < -0.4 is 4.90 Å². The van der Waals surface area contributed by atoms with E-state index in [4.69, 9.17) is 4.42 Å². The average Bonchev–Trinajstić information content (AvgIpc) is 3.93. The highest BCUT2D eigenvalue weighted by Crippen LogP contribution is 2.58. The molecule has 10 aromatic carbocycles. The summed E-state index contributed by atoms with van der Waals surface area (Å²) >= 11 is 0. The van der Waals surface area contributed by atoms with E-state index < -0.39 is 5.41 Å². The van der Waals surface area contributed by atoms with E-state index in [0.717, 1.165) is 50.1 Å². The summed E-state index contributed by atoms with van der Waals surface area (Å²) in [5.74, 6) is 0.553. The Hall–Kier alpha value is -7.94. The van der Waals surface area contributed by atoms with E-state index in [0.29, 0.717) is 5.92 Å². The molecule has 0 amide bonds. The van der Waals surface area contributed by atoms with Crippen LogP contribution in [0.1, 0.15) is 71.4 Å². The van der Waals surface area contributed by atoms with Gasteiger partial charge in [-0.3, -0.25) is 0 Å². The van der Waals surface area contributed by atoms with Crippen molar-refractivity contribution in [2.45, 2.75) is 50.4 Å². The highest BCUT2D eigenvalue weighted by atomic mass is 16.3. The Morgan fingerprint density at radius 1 is 0.426 bits per heavy atom.